The van der Waals surface area contributed by atoms with Crippen LogP contribution in [0.2, 0.25) is 0 Å². The molecular weight excluding hydrogens is 150 g/mol. The highest BCUT2D eigenvalue weighted by atomic mass is 79.9. The Morgan fingerprint density at radius 1 is 2.00 bits per heavy atom. The molecule has 6 heavy (non-hydrogen) atoms. The normalized spacial score (nSPS) is 7.67. The number of carbonyl (C=O) groups excluding carboxylic acids is 1. The highest BCUT2D eigenvalue weighted by Gasteiger charge is 1.92. The molecule has 0 amide bonds. The Morgan fingerprint density at radius 3 is 2.50 bits per heavy atom. The fraction of sp³-hybridized carbons (Fsp3) is 0.500. The van der Waals surface area contributed by atoms with E-state index in [0.29, 0.717) is 0 Å². The number of halogens is 1. The lowest BCUT2D eigenvalue weighted by Crippen LogP contribution is -2.01. The lowest BCUT2D eigenvalue weighted by atomic mass is 10.8. The predicted molar refractivity (Wildman–Crippen MR) is 22.0 cm³/mol. The van der Waals surface area contributed by atoms with Gasteiger partial charge in [-0.2, -0.15) is 0 Å². The van der Waals surface area contributed by atoms with Crippen LogP contribution >= 0.6 is 15.9 Å². The van der Waals surface area contributed by atoms with Crippen molar-refractivity contribution in [3.8, 4) is 0 Å². The molecule has 0 aliphatic heterocycles. The van der Waals surface area contributed by atoms with Crippen LogP contribution in [-0.4, -0.2) is 11.3 Å². The second-order valence-electron chi connectivity index (χ2n) is 0.597. The van der Waals surface area contributed by atoms with E-state index < -0.39 is 5.97 Å². The molecule has 0 atom stereocenters. The molecule has 0 saturated heterocycles. The molecule has 0 aromatic carbocycles. The van der Waals surface area contributed by atoms with Crippen molar-refractivity contribution in [2.24, 2.45) is 0 Å². The van der Waals surface area contributed by atoms with Crippen molar-refractivity contribution < 1.29 is 9.63 Å². The Kier molecular flexibility index (Phi) is 3.07. The zero-order valence-corrected chi connectivity index (χ0v) is 4.43. The molecule has 4 heteroatoms. The zero-order chi connectivity index (χ0) is 4.99. The molecule has 0 aromatic rings. The molecule has 0 fully saturated rings. The number of hydrogen-bond acceptors (Lipinski definition) is 2. The molecule has 2 radical (unpaired) electrons. The monoisotopic (exact) mass is 151 g/mol. The maximum atomic E-state index is 9.66. The van der Waals surface area contributed by atoms with Gasteiger partial charge in [0.25, 0.3) is 0 Å². The summed E-state index contributed by atoms with van der Waals surface area (Å²) < 4.78 is 0. The third-order valence-electron chi connectivity index (χ3n) is 0.211. The summed E-state index contributed by atoms with van der Waals surface area (Å²) in [6.07, 6.45) is 0. The van der Waals surface area contributed by atoms with Crippen LogP contribution in [-0.2, 0) is 9.63 Å². The largest absolute Gasteiger partial charge is 0.339 e. The average molecular weight is 152 g/mol. The first-order chi connectivity index (χ1) is 2.81. The minimum absolute atomic E-state index is 0.0312. The fourth-order valence-electron chi connectivity index (χ4n) is 0.0244. The van der Waals surface area contributed by atoms with E-state index in [1.54, 1.807) is 0 Å². The number of rotatable bonds is 1. The summed E-state index contributed by atoms with van der Waals surface area (Å²) in [4.78, 5) is 12.9. The smallest absolute Gasteiger partial charge is 0.328 e. The van der Waals surface area contributed by atoms with E-state index in [9.17, 15) is 4.79 Å². The van der Waals surface area contributed by atoms with Gasteiger partial charge in [-0.25, -0.2) is 4.79 Å². The van der Waals surface area contributed by atoms with E-state index in [0.717, 1.165) is 0 Å². The van der Waals surface area contributed by atoms with Crippen molar-refractivity contribution in [3.05, 3.63) is 0 Å². The number of hydrogen-bond donors (Lipinski definition) is 0. The molecule has 0 saturated carbocycles. The molecule has 3 nitrogen and oxygen atoms in total. The third kappa shape index (κ3) is 2.17. The van der Waals surface area contributed by atoms with Crippen LogP contribution in [0.25, 0.3) is 0 Å². The highest BCUT2D eigenvalue weighted by molar-refractivity contribution is 9.09. The van der Waals surface area contributed by atoms with Crippen LogP contribution in [0, 0.1) is 0 Å². The molecule has 0 heterocycles. The lowest BCUT2D eigenvalue weighted by molar-refractivity contribution is -0.142. The molecule has 0 aromatic heterocycles. The summed E-state index contributed by atoms with van der Waals surface area (Å²) in [5.41, 5.74) is 0. The topological polar surface area (TPSA) is 48.6 Å². The van der Waals surface area contributed by atoms with Gasteiger partial charge >= 0.3 is 5.97 Å². The van der Waals surface area contributed by atoms with Crippen molar-refractivity contribution >= 4 is 21.9 Å². The maximum Gasteiger partial charge on any atom is 0.339 e. The summed E-state index contributed by atoms with van der Waals surface area (Å²) in [6.45, 7) is 0. The second-order valence-corrected chi connectivity index (χ2v) is 1.16. The highest BCUT2D eigenvalue weighted by Crippen LogP contribution is 1.78. The standard InChI is InChI=1S/C2H2BrNO2/c3-1-2(5)6-4/h1H2. The third-order valence-corrected chi connectivity index (χ3v) is 0.669. The Morgan fingerprint density at radius 2 is 2.50 bits per heavy atom. The molecule has 0 bridgehead atoms. The van der Waals surface area contributed by atoms with Gasteiger partial charge in [-0.05, 0) is 0 Å². The van der Waals surface area contributed by atoms with Gasteiger partial charge in [-0.1, -0.05) is 15.9 Å². The number of nitrogens with zero attached hydrogens (tertiary/aromatic N) is 1. The minimum atomic E-state index is -0.685. The first-order valence-electron chi connectivity index (χ1n) is 1.21. The van der Waals surface area contributed by atoms with Gasteiger partial charge in [0, 0.05) is 0 Å². The number of carbonyl (C=O) groups is 1. The first-order valence-corrected chi connectivity index (χ1v) is 2.33. The van der Waals surface area contributed by atoms with Crippen LogP contribution in [0.4, 0.5) is 0 Å². The molecule has 34 valence electrons. The van der Waals surface area contributed by atoms with E-state index in [1.165, 1.54) is 0 Å². The Labute approximate surface area is 43.5 Å². The van der Waals surface area contributed by atoms with Crippen molar-refractivity contribution in [1.82, 2.24) is 5.90 Å². The van der Waals surface area contributed by atoms with Crippen molar-refractivity contribution in [1.29, 1.82) is 0 Å². The van der Waals surface area contributed by atoms with Crippen LogP contribution in [0.15, 0.2) is 0 Å². The molecule has 0 spiro atoms. The predicted octanol–water partition coefficient (Wildman–Crippen LogP) is -0.0918. The second kappa shape index (κ2) is 3.11. The van der Waals surface area contributed by atoms with E-state index >= 15 is 0 Å². The van der Waals surface area contributed by atoms with Crippen molar-refractivity contribution in [2.75, 3.05) is 5.33 Å². The Balaban J connectivity index is 2.99. The fourth-order valence-corrected chi connectivity index (χ4v) is 0.127. The van der Waals surface area contributed by atoms with Gasteiger partial charge in [0.1, 0.15) is 11.2 Å². The van der Waals surface area contributed by atoms with Crippen molar-refractivity contribution in [3.63, 3.8) is 0 Å². The van der Waals surface area contributed by atoms with Gasteiger partial charge in [-0.3, -0.25) is 0 Å². The van der Waals surface area contributed by atoms with Gasteiger partial charge in [0.05, 0.1) is 0 Å². The quantitative estimate of drug-likeness (QED) is 0.389. The molecular formula is C2H2BrNO2. The van der Waals surface area contributed by atoms with Gasteiger partial charge in [0.15, 0.2) is 0 Å². The molecule has 0 rings (SSSR count). The summed E-state index contributed by atoms with van der Waals surface area (Å²) in [6, 6.07) is 0. The summed E-state index contributed by atoms with van der Waals surface area (Å²) in [7, 11) is 0. The van der Waals surface area contributed by atoms with E-state index in [1.807, 2.05) is 0 Å². The SMILES string of the molecule is [N]OC(=O)CBr. The number of alkyl halides is 1. The zero-order valence-electron chi connectivity index (χ0n) is 2.85. The Bertz CT molecular complexity index is 49.5. The molecule has 0 N–H and O–H groups in total. The molecule has 0 aliphatic rings. The average Bonchev–Trinajstić information content (AvgIpc) is 1.65. The van der Waals surface area contributed by atoms with Crippen LogP contribution < -0.4 is 5.90 Å². The summed E-state index contributed by atoms with van der Waals surface area (Å²) >= 11 is 2.74. The van der Waals surface area contributed by atoms with Gasteiger partial charge < -0.3 is 4.84 Å². The van der Waals surface area contributed by atoms with Gasteiger partial charge in [0.2, 0.25) is 0 Å². The Hall–Kier alpha value is -0.0900. The van der Waals surface area contributed by atoms with E-state index in [2.05, 4.69) is 20.8 Å². The first kappa shape index (κ1) is 5.91. The van der Waals surface area contributed by atoms with E-state index in [4.69, 9.17) is 5.90 Å². The summed E-state index contributed by atoms with van der Waals surface area (Å²) in [5, 5.41) is 0.0312. The van der Waals surface area contributed by atoms with Crippen LogP contribution in [0.3, 0.4) is 0 Å². The maximum absolute atomic E-state index is 9.66. The van der Waals surface area contributed by atoms with Crippen molar-refractivity contribution in [2.45, 2.75) is 0 Å². The molecule has 0 unspecified atom stereocenters. The van der Waals surface area contributed by atoms with Gasteiger partial charge in [-0.15, -0.1) is 0 Å². The molecule has 0 aliphatic carbocycles. The van der Waals surface area contributed by atoms with Crippen LogP contribution in [0.5, 0.6) is 0 Å². The minimum Gasteiger partial charge on any atom is -0.328 e. The van der Waals surface area contributed by atoms with Crippen LogP contribution in [0.1, 0.15) is 0 Å². The lowest BCUT2D eigenvalue weighted by Gasteiger charge is -1.80. The summed E-state index contributed by atoms with van der Waals surface area (Å²) in [5.74, 6) is 6.77. The van der Waals surface area contributed by atoms with E-state index in [-0.39, 0.29) is 5.33 Å².